The molecule has 0 saturated heterocycles. The Hall–Kier alpha value is -2.43. The van der Waals surface area contributed by atoms with Gasteiger partial charge in [0.1, 0.15) is 5.60 Å². The molecule has 24 heavy (non-hydrogen) atoms. The Morgan fingerprint density at radius 3 is 1.54 bits per heavy atom. The molecular weight excluding hydrogens is 318 g/mol. The van der Waals surface area contributed by atoms with Gasteiger partial charge in [0.05, 0.1) is 15.5 Å². The standard InChI is InChI=1S/C20H19NO2S/c21-24(23,19-14-8-3-9-15-19)16-20(22,17-10-4-1-5-11-17)18-12-6-2-7-13-18/h1-15,21-22H,16H2/t24-/m0/s1. The first-order chi connectivity index (χ1) is 11.5. The number of hydrogen-bond donors (Lipinski definition) is 2. The molecule has 0 unspecified atom stereocenters. The van der Waals surface area contributed by atoms with E-state index < -0.39 is 15.3 Å². The van der Waals surface area contributed by atoms with E-state index in [-0.39, 0.29) is 5.75 Å². The van der Waals surface area contributed by atoms with Gasteiger partial charge in [-0.2, -0.15) is 0 Å². The van der Waals surface area contributed by atoms with Crippen molar-refractivity contribution in [3.8, 4) is 0 Å². The Morgan fingerprint density at radius 1 is 0.750 bits per heavy atom. The van der Waals surface area contributed by atoms with E-state index in [2.05, 4.69) is 0 Å². The highest BCUT2D eigenvalue weighted by molar-refractivity contribution is 7.92. The van der Waals surface area contributed by atoms with Crippen LogP contribution in [0.1, 0.15) is 11.1 Å². The Morgan fingerprint density at radius 2 is 1.12 bits per heavy atom. The summed E-state index contributed by atoms with van der Waals surface area (Å²) in [6.45, 7) is 0. The topological polar surface area (TPSA) is 61.2 Å². The first kappa shape index (κ1) is 16.4. The highest BCUT2D eigenvalue weighted by Crippen LogP contribution is 2.33. The number of rotatable bonds is 5. The maximum Gasteiger partial charge on any atom is 0.127 e. The van der Waals surface area contributed by atoms with Crippen LogP contribution in [0.4, 0.5) is 0 Å². The first-order valence-electron chi connectivity index (χ1n) is 7.67. The summed E-state index contributed by atoms with van der Waals surface area (Å²) < 4.78 is 21.4. The van der Waals surface area contributed by atoms with Crippen LogP contribution in [-0.4, -0.2) is 15.1 Å². The molecule has 0 bridgehead atoms. The molecule has 0 saturated carbocycles. The van der Waals surface area contributed by atoms with E-state index in [9.17, 15) is 9.32 Å². The van der Waals surface area contributed by atoms with Gasteiger partial charge in [-0.25, -0.2) is 8.99 Å². The van der Waals surface area contributed by atoms with Crippen molar-refractivity contribution in [3.63, 3.8) is 0 Å². The van der Waals surface area contributed by atoms with Crippen LogP contribution in [0.25, 0.3) is 0 Å². The molecule has 0 aliphatic rings. The number of nitrogens with one attached hydrogen (secondary N) is 1. The zero-order valence-electron chi connectivity index (χ0n) is 13.1. The molecular formula is C20H19NO2S. The smallest absolute Gasteiger partial charge is 0.127 e. The van der Waals surface area contributed by atoms with E-state index in [0.717, 1.165) is 0 Å². The van der Waals surface area contributed by atoms with Crippen LogP contribution in [0.3, 0.4) is 0 Å². The SMILES string of the molecule is N=[S@](=O)(CC(O)(c1ccccc1)c1ccccc1)c1ccccc1. The lowest BCUT2D eigenvalue weighted by molar-refractivity contribution is 0.106. The summed E-state index contributed by atoms with van der Waals surface area (Å²) in [6.07, 6.45) is 0. The number of benzene rings is 3. The summed E-state index contributed by atoms with van der Waals surface area (Å²) in [4.78, 5) is 0.426. The van der Waals surface area contributed by atoms with Crippen LogP contribution in [0.5, 0.6) is 0 Å². The molecule has 0 radical (unpaired) electrons. The summed E-state index contributed by atoms with van der Waals surface area (Å²) >= 11 is 0. The van der Waals surface area contributed by atoms with E-state index in [1.54, 1.807) is 48.5 Å². The second kappa shape index (κ2) is 6.59. The quantitative estimate of drug-likeness (QED) is 0.738. The molecule has 0 heterocycles. The van der Waals surface area contributed by atoms with Crippen molar-refractivity contribution in [3.05, 3.63) is 102 Å². The minimum absolute atomic E-state index is 0.196. The van der Waals surface area contributed by atoms with Crippen molar-refractivity contribution in [2.45, 2.75) is 10.5 Å². The molecule has 0 fully saturated rings. The van der Waals surface area contributed by atoms with Gasteiger partial charge in [0.25, 0.3) is 0 Å². The normalized spacial score (nSPS) is 14.0. The second-order valence-corrected chi connectivity index (χ2v) is 7.84. The van der Waals surface area contributed by atoms with Crippen LogP contribution in [0.2, 0.25) is 0 Å². The van der Waals surface area contributed by atoms with Crippen molar-refractivity contribution >= 4 is 9.73 Å². The third-order valence-electron chi connectivity index (χ3n) is 4.04. The highest BCUT2D eigenvalue weighted by atomic mass is 32.2. The van der Waals surface area contributed by atoms with Gasteiger partial charge in [0, 0.05) is 4.90 Å². The minimum Gasteiger partial charge on any atom is -0.379 e. The molecule has 0 aliphatic heterocycles. The lowest BCUT2D eigenvalue weighted by Crippen LogP contribution is -2.35. The third-order valence-corrected chi connectivity index (χ3v) is 5.90. The largest absolute Gasteiger partial charge is 0.379 e. The van der Waals surface area contributed by atoms with Crippen molar-refractivity contribution in [2.75, 3.05) is 5.75 Å². The third kappa shape index (κ3) is 3.25. The Labute approximate surface area is 142 Å². The highest BCUT2D eigenvalue weighted by Gasteiger charge is 2.35. The van der Waals surface area contributed by atoms with E-state index in [1.807, 2.05) is 42.5 Å². The fraction of sp³-hybridized carbons (Fsp3) is 0.100. The van der Waals surface area contributed by atoms with Gasteiger partial charge < -0.3 is 5.11 Å². The zero-order valence-corrected chi connectivity index (χ0v) is 13.9. The van der Waals surface area contributed by atoms with Crippen LogP contribution in [0, 0.1) is 4.78 Å². The van der Waals surface area contributed by atoms with E-state index >= 15 is 0 Å². The van der Waals surface area contributed by atoms with Gasteiger partial charge in [-0.05, 0) is 23.3 Å². The maximum atomic E-state index is 13.1. The van der Waals surface area contributed by atoms with Crippen molar-refractivity contribution in [2.24, 2.45) is 0 Å². The van der Waals surface area contributed by atoms with Gasteiger partial charge in [0.2, 0.25) is 0 Å². The number of aliphatic hydroxyl groups is 1. The molecule has 0 aromatic heterocycles. The molecule has 1 atom stereocenters. The van der Waals surface area contributed by atoms with E-state index in [4.69, 9.17) is 4.78 Å². The second-order valence-electron chi connectivity index (χ2n) is 5.72. The fourth-order valence-electron chi connectivity index (χ4n) is 2.78. The Kier molecular flexibility index (Phi) is 4.51. The van der Waals surface area contributed by atoms with Gasteiger partial charge >= 0.3 is 0 Å². The summed E-state index contributed by atoms with van der Waals surface area (Å²) in [6, 6.07) is 26.9. The predicted octanol–water partition coefficient (Wildman–Crippen LogP) is 4.03. The summed E-state index contributed by atoms with van der Waals surface area (Å²) in [7, 11) is -3.16. The van der Waals surface area contributed by atoms with Crippen molar-refractivity contribution in [1.82, 2.24) is 0 Å². The van der Waals surface area contributed by atoms with Gasteiger partial charge in [0.15, 0.2) is 0 Å². The maximum absolute atomic E-state index is 13.1. The van der Waals surface area contributed by atoms with Crippen LogP contribution in [-0.2, 0) is 15.3 Å². The fourth-order valence-corrected chi connectivity index (χ4v) is 4.46. The molecule has 0 spiro atoms. The molecule has 3 nitrogen and oxygen atoms in total. The molecule has 4 heteroatoms. The Bertz CT molecular complexity index is 853. The molecule has 0 aliphatic carbocycles. The lowest BCUT2D eigenvalue weighted by Gasteiger charge is -2.30. The predicted molar refractivity (Wildman–Crippen MR) is 96.3 cm³/mol. The van der Waals surface area contributed by atoms with Crippen molar-refractivity contribution < 1.29 is 9.32 Å². The first-order valence-corrected chi connectivity index (χ1v) is 9.40. The van der Waals surface area contributed by atoms with Crippen LogP contribution >= 0.6 is 0 Å². The van der Waals surface area contributed by atoms with Gasteiger partial charge in [-0.1, -0.05) is 78.9 Å². The monoisotopic (exact) mass is 337 g/mol. The molecule has 0 amide bonds. The van der Waals surface area contributed by atoms with Crippen molar-refractivity contribution in [1.29, 1.82) is 4.78 Å². The molecule has 3 aromatic rings. The average molecular weight is 337 g/mol. The molecule has 3 aromatic carbocycles. The lowest BCUT2D eigenvalue weighted by atomic mass is 9.88. The van der Waals surface area contributed by atoms with E-state index in [1.165, 1.54) is 0 Å². The molecule has 122 valence electrons. The summed E-state index contributed by atoms with van der Waals surface area (Å²) in [5, 5.41) is 11.5. The van der Waals surface area contributed by atoms with Crippen LogP contribution in [0.15, 0.2) is 95.9 Å². The zero-order chi connectivity index (χ0) is 17.0. The summed E-state index contributed by atoms with van der Waals surface area (Å²) in [5.74, 6) is -0.196. The minimum atomic E-state index is -3.16. The summed E-state index contributed by atoms with van der Waals surface area (Å²) in [5.41, 5.74) is -0.226. The molecule has 3 rings (SSSR count). The number of hydrogen-bond acceptors (Lipinski definition) is 3. The molecule has 2 N–H and O–H groups in total. The van der Waals surface area contributed by atoms with Crippen LogP contribution < -0.4 is 0 Å². The van der Waals surface area contributed by atoms with Gasteiger partial charge in [-0.3, -0.25) is 0 Å². The van der Waals surface area contributed by atoms with E-state index in [0.29, 0.717) is 16.0 Å². The van der Waals surface area contributed by atoms with Gasteiger partial charge in [-0.15, -0.1) is 0 Å². The Balaban J connectivity index is 2.10. The average Bonchev–Trinajstić information content (AvgIpc) is 2.63.